The first-order valence-corrected chi connectivity index (χ1v) is 28.6. The minimum Gasteiger partial charge on any atom is -0.340 e. The number of thioether (sulfide) groups is 1. The van der Waals surface area contributed by atoms with Gasteiger partial charge in [0.05, 0.1) is 20.8 Å². The van der Waals surface area contributed by atoms with Crippen LogP contribution in [0.1, 0.15) is 92.4 Å². The molecular weight excluding hydrogens is 1000 g/mol. The van der Waals surface area contributed by atoms with E-state index in [4.69, 9.17) is 4.84 Å². The lowest BCUT2D eigenvalue weighted by molar-refractivity contribution is -0.455. The lowest BCUT2D eigenvalue weighted by Crippen LogP contribution is -2.32. The highest BCUT2D eigenvalue weighted by Gasteiger charge is 2.46. The molecule has 0 radical (unpaired) electrons. The van der Waals surface area contributed by atoms with Gasteiger partial charge in [0.1, 0.15) is 0 Å². The van der Waals surface area contributed by atoms with Crippen LogP contribution < -0.4 is 4.90 Å². The summed E-state index contributed by atoms with van der Waals surface area (Å²) in [5, 5.41) is 0.547. The molecule has 4 aliphatic rings. The zero-order valence-corrected chi connectivity index (χ0v) is 46.0. The second-order valence-corrected chi connectivity index (χ2v) is 26.0. The molecule has 2 amide bonds. The SMILES string of the molecule is CN(C)S(=O)(=O)c1ccc2c(c1)C(C)(C)C(/C=C/C1=C(Sc3ccc(C(=O)ON4C(=O)CCC4=O)cc3)C(=C/C=C3/N(Cc4ccccc4)c4ccc(S(=O)(=O)N(C)C)cc4C3(C)C)/CCC1)=[N+]2Cc1ccccc1. The third kappa shape index (κ3) is 10.4. The predicted molar refractivity (Wildman–Crippen MR) is 293 cm³/mol. The number of nitrogens with zero attached hydrogens (tertiary/aromatic N) is 5. The fourth-order valence-corrected chi connectivity index (χ4v) is 13.2. The molecule has 16 heteroatoms. The first-order valence-electron chi connectivity index (χ1n) is 24.9. The maximum Gasteiger partial charge on any atom is 0.363 e. The molecule has 0 spiro atoms. The van der Waals surface area contributed by atoms with Gasteiger partial charge in [0.2, 0.25) is 25.7 Å². The van der Waals surface area contributed by atoms with Crippen LogP contribution in [0.4, 0.5) is 11.4 Å². The maximum absolute atomic E-state index is 13.5. The summed E-state index contributed by atoms with van der Waals surface area (Å²) >= 11 is 1.58. The molecule has 0 bridgehead atoms. The number of amides is 2. The van der Waals surface area contributed by atoms with E-state index in [1.54, 1.807) is 36.0 Å². The number of hydrogen-bond acceptors (Lipinski definition) is 10. The molecule has 0 saturated carbocycles. The Balaban J connectivity index is 1.16. The average Bonchev–Trinajstić information content (AvgIpc) is 3.90. The summed E-state index contributed by atoms with van der Waals surface area (Å²) in [7, 11) is -1.27. The Morgan fingerprint density at radius 2 is 1.27 bits per heavy atom. The van der Waals surface area contributed by atoms with Crippen molar-refractivity contribution in [2.75, 3.05) is 33.1 Å². The molecule has 3 aliphatic heterocycles. The van der Waals surface area contributed by atoms with Gasteiger partial charge in [0.15, 0.2) is 12.3 Å². The van der Waals surface area contributed by atoms with Crippen molar-refractivity contribution in [3.63, 3.8) is 0 Å². The van der Waals surface area contributed by atoms with Crippen LogP contribution in [0, 0.1) is 0 Å². The van der Waals surface area contributed by atoms with E-state index in [2.05, 4.69) is 85.7 Å². The minimum atomic E-state index is -3.72. The van der Waals surface area contributed by atoms with Crippen molar-refractivity contribution in [3.8, 4) is 0 Å². The zero-order chi connectivity index (χ0) is 53.6. The standard InChI is InChI=1S/C59H62N5O8S3/c1-58(2)48-36-46(74(68,69)60(5)6)28-30-50(48)62(38-40-16-11-9-12-17-40)52(58)32-24-42-20-15-21-43(56(42)73-45-26-22-44(23-27-45)57(67)72-64-54(65)34-35-55(64)66)25-33-53-59(3,4)49-37-47(75(70,71)61(7)8)29-31-51(49)63(53)39-41-18-13-10-14-19-41/h9-14,16-19,22-33,36-37H,15,20-21,34-35,38-39H2,1-8H3/q+1. The molecule has 3 heterocycles. The maximum atomic E-state index is 13.5. The molecule has 5 aromatic rings. The van der Waals surface area contributed by atoms with Crippen molar-refractivity contribution in [3.05, 3.63) is 195 Å². The van der Waals surface area contributed by atoms with Crippen LogP contribution in [-0.2, 0) is 58.4 Å². The van der Waals surface area contributed by atoms with Crippen LogP contribution in [0.2, 0.25) is 0 Å². The summed E-state index contributed by atoms with van der Waals surface area (Å²) in [6.07, 6.45) is 11.1. The summed E-state index contributed by atoms with van der Waals surface area (Å²) in [4.78, 5) is 47.5. The van der Waals surface area contributed by atoms with Crippen molar-refractivity contribution in [2.45, 2.75) is 98.4 Å². The Hall–Kier alpha value is -6.69. The van der Waals surface area contributed by atoms with Gasteiger partial charge >= 0.3 is 5.97 Å². The third-order valence-electron chi connectivity index (χ3n) is 14.5. The number of sulfonamides is 2. The minimum absolute atomic E-state index is 0.00555. The topological polar surface area (TPSA) is 145 Å². The van der Waals surface area contributed by atoms with Crippen LogP contribution in [-0.4, -0.2) is 86.8 Å². The molecule has 0 N–H and O–H groups in total. The summed E-state index contributed by atoms with van der Waals surface area (Å²) in [6.45, 7) is 9.66. The summed E-state index contributed by atoms with van der Waals surface area (Å²) in [6, 6.07) is 38.2. The molecule has 1 saturated heterocycles. The number of carbonyl (C=O) groups is 3. The van der Waals surface area contributed by atoms with Crippen molar-refractivity contribution >= 4 is 66.7 Å². The normalized spacial score (nSPS) is 18.6. The Morgan fingerprint density at radius 3 is 1.88 bits per heavy atom. The van der Waals surface area contributed by atoms with E-state index in [1.165, 1.54) is 36.8 Å². The number of fused-ring (bicyclic) bond motifs is 2. The number of anilines is 1. The predicted octanol–water partition coefficient (Wildman–Crippen LogP) is 10.6. The molecule has 1 aliphatic carbocycles. The fourth-order valence-electron chi connectivity index (χ4n) is 10.2. The van der Waals surface area contributed by atoms with Gasteiger partial charge in [-0.2, -0.15) is 4.58 Å². The molecule has 1 fully saturated rings. The molecule has 0 aromatic heterocycles. The number of hydrogen-bond donors (Lipinski definition) is 0. The van der Waals surface area contributed by atoms with Gasteiger partial charge in [0, 0.05) is 97.4 Å². The molecular formula is C59H62N5O8S3+. The number of rotatable bonds is 15. The largest absolute Gasteiger partial charge is 0.363 e. The van der Waals surface area contributed by atoms with Gasteiger partial charge in [0.25, 0.3) is 11.8 Å². The highest BCUT2D eigenvalue weighted by molar-refractivity contribution is 8.03. The second-order valence-electron chi connectivity index (χ2n) is 20.6. The number of hydroxylamine groups is 2. The molecule has 13 nitrogen and oxygen atoms in total. The number of allylic oxidation sites excluding steroid dienone is 7. The molecule has 5 aromatic carbocycles. The summed E-state index contributed by atoms with van der Waals surface area (Å²) in [5.74, 6) is -1.91. The van der Waals surface area contributed by atoms with Crippen molar-refractivity contribution in [2.24, 2.45) is 0 Å². The van der Waals surface area contributed by atoms with Crippen molar-refractivity contribution in [1.82, 2.24) is 13.7 Å². The van der Waals surface area contributed by atoms with E-state index in [1.807, 2.05) is 72.8 Å². The highest BCUT2D eigenvalue weighted by Crippen LogP contribution is 2.50. The van der Waals surface area contributed by atoms with Crippen LogP contribution in [0.15, 0.2) is 182 Å². The van der Waals surface area contributed by atoms with Crippen molar-refractivity contribution < 1.29 is 40.6 Å². The first kappa shape index (κ1) is 53.1. The van der Waals surface area contributed by atoms with Crippen molar-refractivity contribution in [1.29, 1.82) is 0 Å². The summed E-state index contributed by atoms with van der Waals surface area (Å²) in [5.41, 5.74) is 9.06. The Kier molecular flexibility index (Phi) is 14.7. The fraction of sp³-hybridized carbons (Fsp3) is 0.288. The third-order valence-corrected chi connectivity index (χ3v) is 19.4. The molecule has 0 atom stereocenters. The Bertz CT molecular complexity index is 3490. The summed E-state index contributed by atoms with van der Waals surface area (Å²) < 4.78 is 58.7. The molecule has 75 heavy (non-hydrogen) atoms. The number of benzene rings is 5. The van der Waals surface area contributed by atoms with Gasteiger partial charge in [-0.25, -0.2) is 30.2 Å². The Morgan fingerprint density at radius 1 is 0.680 bits per heavy atom. The van der Waals surface area contributed by atoms with Gasteiger partial charge in [-0.15, -0.1) is 5.06 Å². The zero-order valence-electron chi connectivity index (χ0n) is 43.5. The lowest BCUT2D eigenvalue weighted by Gasteiger charge is -2.28. The lowest BCUT2D eigenvalue weighted by atomic mass is 9.81. The number of carbonyl (C=O) groups excluding carboxylic acids is 3. The van der Waals surface area contributed by atoms with Crippen LogP contribution in [0.5, 0.6) is 0 Å². The van der Waals surface area contributed by atoms with E-state index in [-0.39, 0.29) is 28.2 Å². The van der Waals surface area contributed by atoms with E-state index in [0.29, 0.717) is 18.2 Å². The van der Waals surface area contributed by atoms with E-state index in [0.717, 1.165) is 85.2 Å². The van der Waals surface area contributed by atoms with E-state index in [9.17, 15) is 31.2 Å². The number of imide groups is 1. The smallest absolute Gasteiger partial charge is 0.340 e. The highest BCUT2D eigenvalue weighted by atomic mass is 32.2. The van der Waals surface area contributed by atoms with E-state index < -0.39 is 48.7 Å². The van der Waals surface area contributed by atoms with Crippen LogP contribution in [0.25, 0.3) is 0 Å². The average molecular weight is 1070 g/mol. The first-order chi connectivity index (χ1) is 35.6. The molecule has 9 rings (SSSR count). The second kappa shape index (κ2) is 20.8. The quantitative estimate of drug-likeness (QED) is 0.0734. The van der Waals surface area contributed by atoms with Gasteiger partial charge < -0.3 is 9.74 Å². The monoisotopic (exact) mass is 1060 g/mol. The van der Waals surface area contributed by atoms with E-state index >= 15 is 0 Å². The van der Waals surface area contributed by atoms with Crippen LogP contribution >= 0.6 is 11.8 Å². The molecule has 0 unspecified atom stereocenters. The van der Waals surface area contributed by atoms with Gasteiger partial charge in [-0.05, 0) is 116 Å². The van der Waals surface area contributed by atoms with Gasteiger partial charge in [-0.1, -0.05) is 98.4 Å². The molecule has 388 valence electrons. The van der Waals surface area contributed by atoms with Gasteiger partial charge in [-0.3, -0.25) is 9.59 Å². The Labute approximate surface area is 445 Å². The van der Waals surface area contributed by atoms with Crippen LogP contribution in [0.3, 0.4) is 0 Å².